The molecule has 2 heterocycles. The molecule has 134 valence electrons. The monoisotopic (exact) mass is 333 g/mol. The van der Waals surface area contributed by atoms with Gasteiger partial charge in [0.25, 0.3) is 0 Å². The molecule has 1 fully saturated rings. The van der Waals surface area contributed by atoms with E-state index in [2.05, 4.69) is 39.0 Å². The van der Waals surface area contributed by atoms with Crippen molar-refractivity contribution in [3.63, 3.8) is 0 Å². The van der Waals surface area contributed by atoms with Crippen LogP contribution < -0.4 is 0 Å². The van der Waals surface area contributed by atoms with Gasteiger partial charge >= 0.3 is 0 Å². The van der Waals surface area contributed by atoms with E-state index < -0.39 is 0 Å². The SMILES string of the molecule is CC(O)CN1CCN(CC(O)CN2CCc3ccccc3C2)CC1. The molecule has 0 bridgehead atoms. The van der Waals surface area contributed by atoms with Crippen LogP contribution in [0, 0.1) is 0 Å². The average Bonchev–Trinajstić information content (AvgIpc) is 2.56. The third kappa shape index (κ3) is 5.01. The molecule has 0 radical (unpaired) electrons. The molecule has 2 aliphatic rings. The number of aliphatic hydroxyl groups is 2. The van der Waals surface area contributed by atoms with Gasteiger partial charge in [0.2, 0.25) is 0 Å². The fourth-order valence-corrected chi connectivity index (χ4v) is 3.89. The molecule has 2 aliphatic heterocycles. The Bertz CT molecular complexity index is 515. The maximum Gasteiger partial charge on any atom is 0.0793 e. The Balaban J connectivity index is 1.40. The second-order valence-corrected chi connectivity index (χ2v) is 7.36. The van der Waals surface area contributed by atoms with Crippen molar-refractivity contribution in [2.24, 2.45) is 0 Å². The first-order chi connectivity index (χ1) is 11.6. The lowest BCUT2D eigenvalue weighted by Crippen LogP contribution is -2.51. The summed E-state index contributed by atoms with van der Waals surface area (Å²) < 4.78 is 0. The van der Waals surface area contributed by atoms with Crippen LogP contribution in [0.3, 0.4) is 0 Å². The number of hydrogen-bond acceptors (Lipinski definition) is 5. The van der Waals surface area contributed by atoms with E-state index in [-0.39, 0.29) is 12.2 Å². The second kappa shape index (κ2) is 8.41. The quantitative estimate of drug-likeness (QED) is 0.789. The largest absolute Gasteiger partial charge is 0.392 e. The highest BCUT2D eigenvalue weighted by molar-refractivity contribution is 5.29. The smallest absolute Gasteiger partial charge is 0.0793 e. The standard InChI is InChI=1S/C19H31N3O2/c1-16(23)12-20-8-10-21(11-9-20)14-19(24)15-22-7-6-17-4-2-3-5-18(17)13-22/h2-5,16,19,23-24H,6-15H2,1H3. The molecule has 0 aromatic heterocycles. The first-order valence-electron chi connectivity index (χ1n) is 9.20. The van der Waals surface area contributed by atoms with Crippen molar-refractivity contribution in [3.8, 4) is 0 Å². The van der Waals surface area contributed by atoms with Crippen LogP contribution in [0.5, 0.6) is 0 Å². The van der Waals surface area contributed by atoms with Crippen molar-refractivity contribution >= 4 is 0 Å². The Morgan fingerprint density at radius 2 is 1.42 bits per heavy atom. The maximum atomic E-state index is 10.5. The zero-order valence-corrected chi connectivity index (χ0v) is 14.8. The van der Waals surface area contributed by atoms with Crippen molar-refractivity contribution in [1.82, 2.24) is 14.7 Å². The van der Waals surface area contributed by atoms with Crippen LogP contribution in [-0.2, 0) is 13.0 Å². The summed E-state index contributed by atoms with van der Waals surface area (Å²) in [5, 5.41) is 19.9. The summed E-state index contributed by atoms with van der Waals surface area (Å²) in [6, 6.07) is 8.64. The van der Waals surface area contributed by atoms with Gasteiger partial charge in [0, 0.05) is 58.9 Å². The molecular formula is C19H31N3O2. The highest BCUT2D eigenvalue weighted by atomic mass is 16.3. The van der Waals surface area contributed by atoms with Gasteiger partial charge in [-0.05, 0) is 24.5 Å². The summed E-state index contributed by atoms with van der Waals surface area (Å²) in [4.78, 5) is 7.02. The molecule has 1 saturated heterocycles. The van der Waals surface area contributed by atoms with E-state index in [1.165, 1.54) is 11.1 Å². The first kappa shape index (κ1) is 17.8. The molecule has 0 spiro atoms. The molecule has 2 unspecified atom stereocenters. The minimum Gasteiger partial charge on any atom is -0.392 e. The van der Waals surface area contributed by atoms with E-state index in [1.54, 1.807) is 0 Å². The fourth-order valence-electron chi connectivity index (χ4n) is 3.89. The van der Waals surface area contributed by atoms with E-state index in [4.69, 9.17) is 0 Å². The molecule has 0 aliphatic carbocycles. The van der Waals surface area contributed by atoms with Crippen LogP contribution in [0.4, 0.5) is 0 Å². The number of benzene rings is 1. The number of β-amino-alcohol motifs (C(OH)–C–C–N with tert-alkyl or cyclic N) is 2. The Kier molecular flexibility index (Phi) is 6.25. The van der Waals surface area contributed by atoms with Crippen LogP contribution >= 0.6 is 0 Å². The molecule has 3 rings (SSSR count). The Hall–Kier alpha value is -0.980. The maximum absolute atomic E-state index is 10.5. The highest BCUT2D eigenvalue weighted by Crippen LogP contribution is 2.18. The predicted molar refractivity (Wildman–Crippen MR) is 96.0 cm³/mol. The minimum atomic E-state index is -0.293. The van der Waals surface area contributed by atoms with E-state index in [9.17, 15) is 10.2 Å². The van der Waals surface area contributed by atoms with E-state index >= 15 is 0 Å². The average molecular weight is 333 g/mol. The number of nitrogens with zero attached hydrogens (tertiary/aromatic N) is 3. The van der Waals surface area contributed by atoms with Gasteiger partial charge in [-0.3, -0.25) is 14.7 Å². The molecule has 1 aromatic carbocycles. The minimum absolute atomic E-state index is 0.260. The molecule has 5 heteroatoms. The van der Waals surface area contributed by atoms with Crippen molar-refractivity contribution in [1.29, 1.82) is 0 Å². The summed E-state index contributed by atoms with van der Waals surface area (Å²) in [6.45, 7) is 10.0. The lowest BCUT2D eigenvalue weighted by atomic mass is 10.00. The molecule has 2 N–H and O–H groups in total. The second-order valence-electron chi connectivity index (χ2n) is 7.36. The zero-order valence-electron chi connectivity index (χ0n) is 14.8. The summed E-state index contributed by atoms with van der Waals surface area (Å²) in [5.74, 6) is 0. The molecule has 0 saturated carbocycles. The van der Waals surface area contributed by atoms with Gasteiger partial charge < -0.3 is 10.2 Å². The summed E-state index contributed by atoms with van der Waals surface area (Å²) >= 11 is 0. The third-order valence-corrected chi connectivity index (χ3v) is 5.13. The molecule has 24 heavy (non-hydrogen) atoms. The number of fused-ring (bicyclic) bond motifs is 1. The van der Waals surface area contributed by atoms with Gasteiger partial charge in [-0.15, -0.1) is 0 Å². The molecule has 5 nitrogen and oxygen atoms in total. The number of aliphatic hydroxyl groups excluding tert-OH is 2. The van der Waals surface area contributed by atoms with Crippen LogP contribution in [0.1, 0.15) is 18.1 Å². The Morgan fingerprint density at radius 3 is 2.08 bits per heavy atom. The molecule has 2 atom stereocenters. The van der Waals surface area contributed by atoms with E-state index in [0.717, 1.165) is 65.3 Å². The third-order valence-electron chi connectivity index (χ3n) is 5.13. The van der Waals surface area contributed by atoms with Crippen molar-refractivity contribution in [2.75, 3.05) is 52.4 Å². The summed E-state index contributed by atoms with van der Waals surface area (Å²) in [5.41, 5.74) is 2.86. The van der Waals surface area contributed by atoms with Gasteiger partial charge in [0.05, 0.1) is 12.2 Å². The number of rotatable bonds is 6. The molecule has 1 aromatic rings. The van der Waals surface area contributed by atoms with E-state index in [1.807, 2.05) is 6.92 Å². The number of piperazine rings is 1. The van der Waals surface area contributed by atoms with Gasteiger partial charge in [-0.1, -0.05) is 24.3 Å². The van der Waals surface area contributed by atoms with Crippen LogP contribution in [-0.4, -0.2) is 89.5 Å². The van der Waals surface area contributed by atoms with Crippen molar-refractivity contribution in [3.05, 3.63) is 35.4 Å². The molecular weight excluding hydrogens is 302 g/mol. The van der Waals surface area contributed by atoms with E-state index in [0.29, 0.717) is 0 Å². The topological polar surface area (TPSA) is 50.2 Å². The lowest BCUT2D eigenvalue weighted by Gasteiger charge is -2.37. The van der Waals surface area contributed by atoms with Gasteiger partial charge in [-0.25, -0.2) is 0 Å². The van der Waals surface area contributed by atoms with Gasteiger partial charge in [-0.2, -0.15) is 0 Å². The van der Waals surface area contributed by atoms with Gasteiger partial charge in [0.15, 0.2) is 0 Å². The number of hydrogen-bond donors (Lipinski definition) is 2. The zero-order chi connectivity index (χ0) is 16.9. The summed E-state index contributed by atoms with van der Waals surface area (Å²) in [7, 11) is 0. The van der Waals surface area contributed by atoms with Crippen LogP contribution in [0.25, 0.3) is 0 Å². The lowest BCUT2D eigenvalue weighted by molar-refractivity contribution is 0.0369. The normalized spacial score (nSPS) is 23.0. The molecule has 0 amide bonds. The van der Waals surface area contributed by atoms with Crippen molar-refractivity contribution in [2.45, 2.75) is 32.1 Å². The highest BCUT2D eigenvalue weighted by Gasteiger charge is 2.22. The fraction of sp³-hybridized carbons (Fsp3) is 0.684. The van der Waals surface area contributed by atoms with Crippen LogP contribution in [0.2, 0.25) is 0 Å². The summed E-state index contributed by atoms with van der Waals surface area (Å²) in [6.07, 6.45) is 0.531. The predicted octanol–water partition coefficient (Wildman–Crippen LogP) is 0.404. The van der Waals surface area contributed by atoms with Crippen LogP contribution in [0.15, 0.2) is 24.3 Å². The Labute approximate surface area is 145 Å². The first-order valence-corrected chi connectivity index (χ1v) is 9.20. The van der Waals surface area contributed by atoms with Crippen molar-refractivity contribution < 1.29 is 10.2 Å². The Morgan fingerprint density at radius 1 is 0.833 bits per heavy atom. The van der Waals surface area contributed by atoms with Gasteiger partial charge in [0.1, 0.15) is 0 Å².